The average Bonchev–Trinajstić information content (AvgIpc) is 2.92. The molecular formula is C34H23N. The molecule has 1 nitrogen and oxygen atoms in total. The van der Waals surface area contributed by atoms with Crippen molar-refractivity contribution >= 4 is 54.5 Å². The van der Waals surface area contributed by atoms with Crippen molar-refractivity contribution in [2.24, 2.45) is 0 Å². The summed E-state index contributed by atoms with van der Waals surface area (Å²) in [7, 11) is 0. The second-order valence-electron chi connectivity index (χ2n) is 9.12. The zero-order valence-corrected chi connectivity index (χ0v) is 19.2. The predicted octanol–water partition coefficient (Wildman–Crippen LogP) is 9.71. The van der Waals surface area contributed by atoms with Crippen molar-refractivity contribution in [1.82, 2.24) is 0 Å². The lowest BCUT2D eigenvalue weighted by molar-refractivity contribution is 1.56. The second-order valence-corrected chi connectivity index (χ2v) is 9.12. The van der Waals surface area contributed by atoms with Gasteiger partial charge in [0.2, 0.25) is 0 Å². The predicted molar refractivity (Wildman–Crippen MR) is 152 cm³/mol. The highest BCUT2D eigenvalue weighted by Crippen LogP contribution is 2.36. The number of hydrogen-bond donors (Lipinski definition) is 1. The van der Waals surface area contributed by atoms with E-state index in [9.17, 15) is 0 Å². The number of fused-ring (bicyclic) bond motifs is 6. The number of nitrogens with one attached hydrogen (secondary N) is 1. The molecule has 0 fully saturated rings. The van der Waals surface area contributed by atoms with Crippen LogP contribution in [0.4, 0.5) is 11.4 Å². The van der Waals surface area contributed by atoms with E-state index >= 15 is 0 Å². The molecule has 0 bridgehead atoms. The van der Waals surface area contributed by atoms with Gasteiger partial charge in [0, 0.05) is 11.4 Å². The fourth-order valence-corrected chi connectivity index (χ4v) is 5.32. The van der Waals surface area contributed by atoms with Crippen molar-refractivity contribution in [2.75, 3.05) is 5.32 Å². The molecule has 0 saturated carbocycles. The third-order valence-corrected chi connectivity index (χ3v) is 6.98. The highest BCUT2D eigenvalue weighted by atomic mass is 14.9. The van der Waals surface area contributed by atoms with Crippen LogP contribution in [-0.2, 0) is 0 Å². The number of benzene rings is 7. The lowest BCUT2D eigenvalue weighted by Crippen LogP contribution is -1.91. The Morgan fingerprint density at radius 3 is 1.80 bits per heavy atom. The van der Waals surface area contributed by atoms with Gasteiger partial charge in [-0.1, -0.05) is 103 Å². The summed E-state index contributed by atoms with van der Waals surface area (Å²) in [4.78, 5) is 0. The van der Waals surface area contributed by atoms with Gasteiger partial charge in [0.25, 0.3) is 0 Å². The van der Waals surface area contributed by atoms with Gasteiger partial charge in [0.05, 0.1) is 0 Å². The molecule has 0 spiro atoms. The van der Waals surface area contributed by atoms with Crippen LogP contribution in [0.15, 0.2) is 133 Å². The molecule has 164 valence electrons. The van der Waals surface area contributed by atoms with Crippen molar-refractivity contribution in [3.8, 4) is 11.1 Å². The van der Waals surface area contributed by atoms with Crippen molar-refractivity contribution in [3.05, 3.63) is 133 Å². The topological polar surface area (TPSA) is 12.0 Å². The van der Waals surface area contributed by atoms with Gasteiger partial charge in [0.1, 0.15) is 0 Å². The zero-order chi connectivity index (χ0) is 23.2. The minimum absolute atomic E-state index is 1.08. The van der Waals surface area contributed by atoms with Crippen LogP contribution in [0.3, 0.4) is 0 Å². The quantitative estimate of drug-likeness (QED) is 0.267. The van der Waals surface area contributed by atoms with E-state index in [0.29, 0.717) is 0 Å². The van der Waals surface area contributed by atoms with Gasteiger partial charge in [-0.3, -0.25) is 0 Å². The molecule has 35 heavy (non-hydrogen) atoms. The van der Waals surface area contributed by atoms with Crippen LogP contribution < -0.4 is 5.32 Å². The van der Waals surface area contributed by atoms with Crippen molar-refractivity contribution < 1.29 is 0 Å². The van der Waals surface area contributed by atoms with Crippen LogP contribution in [0.1, 0.15) is 0 Å². The molecule has 0 saturated heterocycles. The monoisotopic (exact) mass is 445 g/mol. The van der Waals surface area contributed by atoms with E-state index in [2.05, 4.69) is 139 Å². The van der Waals surface area contributed by atoms with Crippen LogP contribution in [0.2, 0.25) is 0 Å². The fraction of sp³-hybridized carbons (Fsp3) is 0. The van der Waals surface area contributed by atoms with Crippen LogP contribution >= 0.6 is 0 Å². The van der Waals surface area contributed by atoms with E-state index in [-0.39, 0.29) is 0 Å². The molecule has 0 radical (unpaired) electrons. The second kappa shape index (κ2) is 8.00. The number of rotatable bonds is 3. The van der Waals surface area contributed by atoms with E-state index in [1.807, 2.05) is 0 Å². The van der Waals surface area contributed by atoms with Gasteiger partial charge >= 0.3 is 0 Å². The molecule has 0 heterocycles. The maximum absolute atomic E-state index is 3.64. The molecule has 7 rings (SSSR count). The summed E-state index contributed by atoms with van der Waals surface area (Å²) < 4.78 is 0. The lowest BCUT2D eigenvalue weighted by atomic mass is 9.93. The highest BCUT2D eigenvalue weighted by Gasteiger charge is 2.09. The minimum atomic E-state index is 1.08. The van der Waals surface area contributed by atoms with Gasteiger partial charge in [-0.15, -0.1) is 0 Å². The first-order valence-electron chi connectivity index (χ1n) is 12.0. The van der Waals surface area contributed by atoms with E-state index in [4.69, 9.17) is 0 Å². The van der Waals surface area contributed by atoms with Gasteiger partial charge in [0.15, 0.2) is 0 Å². The van der Waals surface area contributed by atoms with Gasteiger partial charge in [-0.25, -0.2) is 0 Å². The van der Waals surface area contributed by atoms with Crippen molar-refractivity contribution in [3.63, 3.8) is 0 Å². The molecule has 0 aliphatic rings. The largest absolute Gasteiger partial charge is 0.355 e. The highest BCUT2D eigenvalue weighted by molar-refractivity contribution is 6.14. The summed E-state index contributed by atoms with van der Waals surface area (Å²) >= 11 is 0. The molecular weight excluding hydrogens is 422 g/mol. The first kappa shape index (κ1) is 19.8. The molecule has 0 atom stereocenters. The Labute approximate surface area is 204 Å². The van der Waals surface area contributed by atoms with E-state index in [1.165, 1.54) is 54.2 Å². The maximum atomic E-state index is 3.64. The molecule has 0 aliphatic carbocycles. The standard InChI is InChI=1S/C34H23N/c1-3-12-29-23(8-1)16-17-26-21-28(18-19-31(26)29)35-27-11-7-10-24(20-27)34-22-25-9-2-4-13-30(25)32-14-5-6-15-33(32)34/h1-22,35H. The molecule has 0 amide bonds. The van der Waals surface area contributed by atoms with E-state index < -0.39 is 0 Å². The Morgan fingerprint density at radius 1 is 0.343 bits per heavy atom. The molecule has 0 aliphatic heterocycles. The number of anilines is 2. The lowest BCUT2D eigenvalue weighted by Gasteiger charge is -2.13. The van der Waals surface area contributed by atoms with Crippen LogP contribution in [0.5, 0.6) is 0 Å². The average molecular weight is 446 g/mol. The Morgan fingerprint density at radius 2 is 0.943 bits per heavy atom. The van der Waals surface area contributed by atoms with E-state index in [0.717, 1.165) is 11.4 Å². The molecule has 0 aromatic heterocycles. The first-order valence-corrected chi connectivity index (χ1v) is 12.0. The van der Waals surface area contributed by atoms with Gasteiger partial charge < -0.3 is 5.32 Å². The Bertz CT molecular complexity index is 1880. The SMILES string of the molecule is c1cc(Nc2ccc3c(ccc4ccccc43)c2)cc(-c2cc3ccccc3c3ccccc23)c1. The van der Waals surface area contributed by atoms with Crippen LogP contribution in [-0.4, -0.2) is 0 Å². The maximum Gasteiger partial charge on any atom is 0.0390 e. The van der Waals surface area contributed by atoms with Crippen molar-refractivity contribution in [1.29, 1.82) is 0 Å². The summed E-state index contributed by atoms with van der Waals surface area (Å²) in [6, 6.07) is 48.0. The fourth-order valence-electron chi connectivity index (χ4n) is 5.32. The summed E-state index contributed by atoms with van der Waals surface area (Å²) in [5, 5.41) is 13.9. The minimum Gasteiger partial charge on any atom is -0.355 e. The molecule has 1 N–H and O–H groups in total. The van der Waals surface area contributed by atoms with Crippen LogP contribution in [0.25, 0.3) is 54.2 Å². The Hall–Kier alpha value is -4.62. The summed E-state index contributed by atoms with van der Waals surface area (Å²) in [6.45, 7) is 0. The van der Waals surface area contributed by atoms with E-state index in [1.54, 1.807) is 0 Å². The summed E-state index contributed by atoms with van der Waals surface area (Å²) in [6.07, 6.45) is 0. The molecule has 7 aromatic carbocycles. The molecule has 7 aromatic rings. The smallest absolute Gasteiger partial charge is 0.0390 e. The van der Waals surface area contributed by atoms with Gasteiger partial charge in [-0.05, 0) is 84.5 Å². The Kier molecular flexibility index (Phi) is 4.53. The number of hydrogen-bond acceptors (Lipinski definition) is 1. The van der Waals surface area contributed by atoms with Crippen LogP contribution in [0, 0.1) is 0 Å². The normalized spacial score (nSPS) is 11.4. The van der Waals surface area contributed by atoms with Gasteiger partial charge in [-0.2, -0.15) is 0 Å². The first-order chi connectivity index (χ1) is 17.3. The van der Waals surface area contributed by atoms with Crippen molar-refractivity contribution in [2.45, 2.75) is 0 Å². The Balaban J connectivity index is 1.31. The molecule has 1 heteroatoms. The third-order valence-electron chi connectivity index (χ3n) is 6.98. The zero-order valence-electron chi connectivity index (χ0n) is 19.2. The molecule has 0 unspecified atom stereocenters. The third kappa shape index (κ3) is 3.41. The summed E-state index contributed by atoms with van der Waals surface area (Å²) in [5.41, 5.74) is 4.64. The summed E-state index contributed by atoms with van der Waals surface area (Å²) in [5.74, 6) is 0.